The van der Waals surface area contributed by atoms with E-state index in [-0.39, 0.29) is 12.5 Å². The van der Waals surface area contributed by atoms with Gasteiger partial charge in [0.2, 0.25) is 5.91 Å². The average Bonchev–Trinajstić information content (AvgIpc) is 2.22. The summed E-state index contributed by atoms with van der Waals surface area (Å²) in [6, 6.07) is 0. The molecule has 0 aromatic rings. The van der Waals surface area contributed by atoms with Gasteiger partial charge < -0.3 is 15.2 Å². The molecule has 90 valence electrons. The Kier molecular flexibility index (Phi) is 10.1. The zero-order chi connectivity index (χ0) is 11.5. The number of methoxy groups -OCH3 is 1. The summed E-state index contributed by atoms with van der Waals surface area (Å²) in [4.78, 5) is 11.3. The Balaban J connectivity index is 3.32. The molecule has 15 heavy (non-hydrogen) atoms. The normalized spacial score (nSPS) is 12.5. The van der Waals surface area contributed by atoms with E-state index >= 15 is 0 Å². The highest BCUT2D eigenvalue weighted by Crippen LogP contribution is 2.12. The van der Waals surface area contributed by atoms with E-state index in [0.717, 1.165) is 12.8 Å². The van der Waals surface area contributed by atoms with Crippen LogP contribution in [0.2, 0.25) is 0 Å². The van der Waals surface area contributed by atoms with E-state index in [2.05, 4.69) is 5.32 Å². The lowest BCUT2D eigenvalue weighted by Crippen LogP contribution is -2.27. The first kappa shape index (κ1) is 14.7. The summed E-state index contributed by atoms with van der Waals surface area (Å²) in [5, 5.41) is 11.8. The number of nitrogens with one attached hydrogen (secondary N) is 1. The number of hydrogen-bond donors (Lipinski definition) is 2. The molecule has 0 saturated heterocycles. The predicted molar refractivity (Wildman–Crippen MR) is 63.1 cm³/mol. The van der Waals surface area contributed by atoms with Crippen molar-refractivity contribution in [1.29, 1.82) is 0 Å². The molecule has 0 bridgehead atoms. The van der Waals surface area contributed by atoms with Crippen LogP contribution in [0.4, 0.5) is 0 Å². The maximum Gasteiger partial charge on any atom is 0.230 e. The fourth-order valence-electron chi connectivity index (χ4n) is 0.978. The summed E-state index contributed by atoms with van der Waals surface area (Å²) in [6.07, 6.45) is 1.58. The third kappa shape index (κ3) is 10.0. The van der Waals surface area contributed by atoms with Gasteiger partial charge in [0.05, 0.1) is 5.75 Å². The maximum absolute atomic E-state index is 11.3. The van der Waals surface area contributed by atoms with E-state index < -0.39 is 0 Å². The van der Waals surface area contributed by atoms with E-state index in [9.17, 15) is 4.79 Å². The molecular weight excluding hydrogens is 214 g/mol. The second-order valence-electron chi connectivity index (χ2n) is 3.33. The van der Waals surface area contributed by atoms with Gasteiger partial charge >= 0.3 is 0 Å². The monoisotopic (exact) mass is 235 g/mol. The molecule has 0 rings (SSSR count). The summed E-state index contributed by atoms with van der Waals surface area (Å²) in [6.45, 7) is 3.54. The molecule has 2 N–H and O–H groups in total. The van der Waals surface area contributed by atoms with Crippen molar-refractivity contribution in [3.8, 4) is 0 Å². The highest BCUT2D eigenvalue weighted by atomic mass is 32.2. The van der Waals surface area contributed by atoms with Gasteiger partial charge in [-0.2, -0.15) is 0 Å². The summed E-state index contributed by atoms with van der Waals surface area (Å²) in [5.74, 6) is 0.523. The second-order valence-corrected chi connectivity index (χ2v) is 4.76. The van der Waals surface area contributed by atoms with Gasteiger partial charge in [-0.3, -0.25) is 4.79 Å². The minimum Gasteiger partial charge on any atom is -0.396 e. The second kappa shape index (κ2) is 10.3. The number of thioether (sulfide) groups is 1. The van der Waals surface area contributed by atoms with Crippen molar-refractivity contribution in [2.45, 2.75) is 25.0 Å². The quantitative estimate of drug-likeness (QED) is 0.576. The topological polar surface area (TPSA) is 58.6 Å². The lowest BCUT2D eigenvalue weighted by molar-refractivity contribution is -0.118. The number of ether oxygens (including phenoxy) is 1. The Morgan fingerprint density at radius 1 is 1.60 bits per heavy atom. The number of carbonyl (C=O) groups excluding carboxylic acids is 1. The first-order valence-electron chi connectivity index (χ1n) is 5.18. The molecule has 0 fully saturated rings. The molecule has 0 aliphatic carbocycles. The van der Waals surface area contributed by atoms with Crippen LogP contribution in [0.3, 0.4) is 0 Å². The van der Waals surface area contributed by atoms with Crippen molar-refractivity contribution in [1.82, 2.24) is 5.32 Å². The van der Waals surface area contributed by atoms with Crippen LogP contribution in [0, 0.1) is 0 Å². The van der Waals surface area contributed by atoms with E-state index in [0.29, 0.717) is 24.2 Å². The number of carbonyl (C=O) groups is 1. The fraction of sp³-hybridized carbons (Fsp3) is 0.900. The van der Waals surface area contributed by atoms with Crippen molar-refractivity contribution < 1.29 is 14.6 Å². The molecule has 0 aliphatic heterocycles. The van der Waals surface area contributed by atoms with Crippen LogP contribution in [-0.4, -0.2) is 48.9 Å². The Bertz CT molecular complexity index is 167. The van der Waals surface area contributed by atoms with Crippen LogP contribution < -0.4 is 5.32 Å². The molecule has 1 atom stereocenters. The van der Waals surface area contributed by atoms with Crippen LogP contribution in [0.1, 0.15) is 19.8 Å². The number of aliphatic hydroxyl groups excluding tert-OH is 1. The van der Waals surface area contributed by atoms with Gasteiger partial charge in [0.25, 0.3) is 0 Å². The molecule has 0 aromatic carbocycles. The molecule has 4 nitrogen and oxygen atoms in total. The molecule has 0 heterocycles. The molecular formula is C10H21NO3S. The third-order valence-corrected chi connectivity index (χ3v) is 3.12. The SMILES string of the molecule is COCCCNC(=O)CSC(C)CCO. The standard InChI is InChI=1S/C10H21NO3S/c1-9(4-6-12)15-8-10(13)11-5-3-7-14-2/h9,12H,3-8H2,1-2H3,(H,11,13). The predicted octanol–water partition coefficient (Wildman–Crippen LogP) is 0.643. The molecule has 0 spiro atoms. The first-order valence-corrected chi connectivity index (χ1v) is 6.23. The Morgan fingerprint density at radius 3 is 2.93 bits per heavy atom. The minimum absolute atomic E-state index is 0.0564. The number of aliphatic hydroxyl groups is 1. The number of rotatable bonds is 9. The zero-order valence-corrected chi connectivity index (χ0v) is 10.3. The molecule has 0 aromatic heterocycles. The summed E-state index contributed by atoms with van der Waals surface area (Å²) < 4.78 is 4.87. The molecule has 1 unspecified atom stereocenters. The van der Waals surface area contributed by atoms with Crippen LogP contribution >= 0.6 is 11.8 Å². The number of amides is 1. The van der Waals surface area contributed by atoms with Crippen LogP contribution in [0.25, 0.3) is 0 Å². The largest absolute Gasteiger partial charge is 0.396 e. The van der Waals surface area contributed by atoms with Crippen molar-refractivity contribution >= 4 is 17.7 Å². The van der Waals surface area contributed by atoms with Gasteiger partial charge in [-0.1, -0.05) is 6.92 Å². The van der Waals surface area contributed by atoms with Gasteiger partial charge in [0.1, 0.15) is 0 Å². The summed E-state index contributed by atoms with van der Waals surface area (Å²) in [5.41, 5.74) is 0. The van der Waals surface area contributed by atoms with Crippen molar-refractivity contribution in [3.63, 3.8) is 0 Å². The highest BCUT2D eigenvalue weighted by Gasteiger charge is 2.05. The van der Waals surface area contributed by atoms with Crippen LogP contribution in [-0.2, 0) is 9.53 Å². The summed E-state index contributed by atoms with van der Waals surface area (Å²) in [7, 11) is 1.65. The lowest BCUT2D eigenvalue weighted by atomic mass is 10.3. The van der Waals surface area contributed by atoms with Crippen molar-refractivity contribution in [2.24, 2.45) is 0 Å². The van der Waals surface area contributed by atoms with Crippen LogP contribution in [0.15, 0.2) is 0 Å². The molecule has 5 heteroatoms. The van der Waals surface area contributed by atoms with E-state index in [4.69, 9.17) is 9.84 Å². The minimum atomic E-state index is 0.0564. The third-order valence-electron chi connectivity index (χ3n) is 1.88. The number of hydrogen-bond acceptors (Lipinski definition) is 4. The molecule has 0 radical (unpaired) electrons. The molecule has 0 aliphatic rings. The Labute approximate surface area is 95.8 Å². The highest BCUT2D eigenvalue weighted by molar-refractivity contribution is 8.00. The Morgan fingerprint density at radius 2 is 2.33 bits per heavy atom. The molecule has 1 amide bonds. The molecule has 0 saturated carbocycles. The Hall–Kier alpha value is -0.260. The van der Waals surface area contributed by atoms with E-state index in [1.165, 1.54) is 0 Å². The maximum atomic E-state index is 11.3. The zero-order valence-electron chi connectivity index (χ0n) is 9.49. The van der Waals surface area contributed by atoms with Gasteiger partial charge in [0, 0.05) is 32.1 Å². The lowest BCUT2D eigenvalue weighted by Gasteiger charge is -2.09. The van der Waals surface area contributed by atoms with Gasteiger partial charge in [0.15, 0.2) is 0 Å². The van der Waals surface area contributed by atoms with E-state index in [1.54, 1.807) is 18.9 Å². The fourth-order valence-corrected chi connectivity index (χ4v) is 1.79. The van der Waals surface area contributed by atoms with Gasteiger partial charge in [-0.05, 0) is 12.8 Å². The van der Waals surface area contributed by atoms with Crippen molar-refractivity contribution in [2.75, 3.05) is 32.6 Å². The average molecular weight is 235 g/mol. The smallest absolute Gasteiger partial charge is 0.230 e. The van der Waals surface area contributed by atoms with Crippen molar-refractivity contribution in [3.05, 3.63) is 0 Å². The first-order chi connectivity index (χ1) is 7.20. The van der Waals surface area contributed by atoms with Gasteiger partial charge in [-0.25, -0.2) is 0 Å². The van der Waals surface area contributed by atoms with Gasteiger partial charge in [-0.15, -0.1) is 11.8 Å². The van der Waals surface area contributed by atoms with Crippen LogP contribution in [0.5, 0.6) is 0 Å². The van der Waals surface area contributed by atoms with E-state index in [1.807, 2.05) is 6.92 Å². The summed E-state index contributed by atoms with van der Waals surface area (Å²) >= 11 is 1.57.